The zero-order chi connectivity index (χ0) is 21.4. The summed E-state index contributed by atoms with van der Waals surface area (Å²) in [5.74, 6) is -1.83. The highest BCUT2D eigenvalue weighted by Gasteiger charge is 2.28. The smallest absolute Gasteiger partial charge is 0.179 e. The molecule has 0 saturated carbocycles. The first-order chi connectivity index (χ1) is 14.5. The number of pyridine rings is 1. The van der Waals surface area contributed by atoms with Gasteiger partial charge in [-0.15, -0.1) is 0 Å². The van der Waals surface area contributed by atoms with Gasteiger partial charge in [-0.2, -0.15) is 0 Å². The van der Waals surface area contributed by atoms with Gasteiger partial charge in [0, 0.05) is 31.7 Å². The maximum Gasteiger partial charge on any atom is 0.179 e. The van der Waals surface area contributed by atoms with Crippen LogP contribution in [0.2, 0.25) is 5.15 Å². The summed E-state index contributed by atoms with van der Waals surface area (Å²) in [6.07, 6.45) is 2.27. The molecule has 1 atom stereocenters. The third-order valence-corrected chi connectivity index (χ3v) is 5.31. The van der Waals surface area contributed by atoms with Crippen molar-refractivity contribution in [3.8, 4) is 22.9 Å². The molecule has 1 saturated heterocycles. The summed E-state index contributed by atoms with van der Waals surface area (Å²) in [7, 11) is 4.21. The number of rotatable bonds is 5. The first-order valence-corrected chi connectivity index (χ1v) is 9.56. The van der Waals surface area contributed by atoms with Crippen molar-refractivity contribution in [2.75, 3.05) is 39.3 Å². The number of hydrogen-bond acceptors (Lipinski definition) is 7. The number of halogens is 3. The van der Waals surface area contributed by atoms with Gasteiger partial charge in [0.1, 0.15) is 11.0 Å². The van der Waals surface area contributed by atoms with Gasteiger partial charge in [-0.05, 0) is 12.5 Å². The minimum Gasteiger partial charge on any atom is -0.494 e. The SMILES string of the molecule is COc1cc(OC)c(F)c(-c2nc(N3CCC(OC)C3)c3cc(Cl)ncc3n2)c1F. The lowest BCUT2D eigenvalue weighted by Gasteiger charge is -2.20. The van der Waals surface area contributed by atoms with Crippen LogP contribution in [0.4, 0.5) is 14.6 Å². The van der Waals surface area contributed by atoms with Crippen molar-refractivity contribution in [3.05, 3.63) is 35.1 Å². The quantitative estimate of drug-likeness (QED) is 0.562. The zero-order valence-corrected chi connectivity index (χ0v) is 17.3. The maximum absolute atomic E-state index is 15.1. The van der Waals surface area contributed by atoms with E-state index in [1.165, 1.54) is 20.4 Å². The number of aromatic nitrogens is 3. The Morgan fingerprint density at radius 1 is 1.07 bits per heavy atom. The molecule has 1 fully saturated rings. The molecule has 1 unspecified atom stereocenters. The largest absolute Gasteiger partial charge is 0.494 e. The van der Waals surface area contributed by atoms with Gasteiger partial charge in [0.05, 0.1) is 37.6 Å². The first-order valence-electron chi connectivity index (χ1n) is 9.18. The van der Waals surface area contributed by atoms with E-state index >= 15 is 8.78 Å². The third kappa shape index (κ3) is 3.48. The predicted octanol–water partition coefficient (Wildman–Crippen LogP) is 3.87. The second-order valence-electron chi connectivity index (χ2n) is 6.77. The zero-order valence-electron chi connectivity index (χ0n) is 16.6. The van der Waals surface area contributed by atoms with Gasteiger partial charge in [-0.1, -0.05) is 11.6 Å². The van der Waals surface area contributed by atoms with Crippen molar-refractivity contribution in [2.45, 2.75) is 12.5 Å². The fraction of sp³-hybridized carbons (Fsp3) is 0.350. The molecule has 0 spiro atoms. The molecule has 0 aliphatic carbocycles. The lowest BCUT2D eigenvalue weighted by molar-refractivity contribution is 0.121. The Kier molecular flexibility index (Phi) is 5.57. The van der Waals surface area contributed by atoms with Crippen molar-refractivity contribution >= 4 is 28.3 Å². The van der Waals surface area contributed by atoms with E-state index in [0.717, 1.165) is 12.5 Å². The van der Waals surface area contributed by atoms with Crippen LogP contribution >= 0.6 is 11.6 Å². The van der Waals surface area contributed by atoms with E-state index in [1.54, 1.807) is 13.2 Å². The summed E-state index contributed by atoms with van der Waals surface area (Å²) in [6, 6.07) is 2.77. The van der Waals surface area contributed by atoms with E-state index in [-0.39, 0.29) is 28.6 Å². The van der Waals surface area contributed by atoms with Crippen LogP contribution < -0.4 is 14.4 Å². The van der Waals surface area contributed by atoms with Crippen molar-refractivity contribution in [3.63, 3.8) is 0 Å². The van der Waals surface area contributed by atoms with E-state index in [2.05, 4.69) is 15.0 Å². The molecule has 0 N–H and O–H groups in total. The molecular weight excluding hydrogens is 418 g/mol. The summed E-state index contributed by atoms with van der Waals surface area (Å²) in [6.45, 7) is 1.24. The van der Waals surface area contributed by atoms with Crippen LogP contribution in [-0.4, -0.2) is 55.5 Å². The van der Waals surface area contributed by atoms with Gasteiger partial charge in [-0.3, -0.25) is 0 Å². The number of benzene rings is 1. The van der Waals surface area contributed by atoms with E-state index in [4.69, 9.17) is 25.8 Å². The van der Waals surface area contributed by atoms with Crippen LogP contribution in [-0.2, 0) is 4.74 Å². The van der Waals surface area contributed by atoms with Gasteiger partial charge >= 0.3 is 0 Å². The Bertz CT molecular complexity index is 1090. The number of fused-ring (bicyclic) bond motifs is 1. The summed E-state index contributed by atoms with van der Waals surface area (Å²) < 4.78 is 45.6. The summed E-state index contributed by atoms with van der Waals surface area (Å²) in [5, 5.41) is 0.897. The van der Waals surface area contributed by atoms with Crippen LogP contribution in [0.5, 0.6) is 11.5 Å². The Balaban J connectivity index is 1.97. The Morgan fingerprint density at radius 3 is 2.37 bits per heavy atom. The van der Waals surface area contributed by atoms with Crippen LogP contribution in [0, 0.1) is 11.6 Å². The lowest BCUT2D eigenvalue weighted by atomic mass is 10.1. The number of nitrogens with zero attached hydrogens (tertiary/aromatic N) is 4. The second kappa shape index (κ2) is 8.16. The van der Waals surface area contributed by atoms with E-state index in [1.807, 2.05) is 4.90 Å². The monoisotopic (exact) mass is 436 g/mol. The van der Waals surface area contributed by atoms with Crippen LogP contribution in [0.1, 0.15) is 6.42 Å². The number of anilines is 1. The molecule has 0 amide bonds. The molecule has 3 aromatic rings. The second-order valence-corrected chi connectivity index (χ2v) is 7.16. The molecule has 7 nitrogen and oxygen atoms in total. The van der Waals surface area contributed by atoms with Crippen LogP contribution in [0.15, 0.2) is 18.3 Å². The highest BCUT2D eigenvalue weighted by molar-refractivity contribution is 6.30. The topological polar surface area (TPSA) is 69.6 Å². The molecule has 1 aromatic carbocycles. The summed E-state index contributed by atoms with van der Waals surface area (Å²) >= 11 is 6.08. The van der Waals surface area contributed by atoms with Crippen molar-refractivity contribution in [2.24, 2.45) is 0 Å². The molecule has 4 rings (SSSR count). The number of ether oxygens (including phenoxy) is 3. The summed E-state index contributed by atoms with van der Waals surface area (Å²) in [4.78, 5) is 14.9. The van der Waals surface area contributed by atoms with E-state index in [0.29, 0.717) is 29.8 Å². The Labute approximate surface area is 176 Å². The first kappa shape index (κ1) is 20.5. The molecule has 1 aliphatic heterocycles. The van der Waals surface area contributed by atoms with E-state index < -0.39 is 17.2 Å². The number of hydrogen-bond donors (Lipinski definition) is 0. The minimum atomic E-state index is -0.917. The molecule has 158 valence electrons. The van der Waals surface area contributed by atoms with Crippen molar-refractivity contribution in [1.29, 1.82) is 0 Å². The molecular formula is C20H19ClF2N4O3. The minimum absolute atomic E-state index is 0.0289. The van der Waals surface area contributed by atoms with Gasteiger partial charge in [0.2, 0.25) is 0 Å². The molecule has 3 heterocycles. The van der Waals surface area contributed by atoms with Crippen LogP contribution in [0.3, 0.4) is 0 Å². The average Bonchev–Trinajstić information content (AvgIpc) is 3.23. The van der Waals surface area contributed by atoms with Gasteiger partial charge in [-0.25, -0.2) is 23.7 Å². The summed E-state index contributed by atoms with van der Waals surface area (Å²) in [5.41, 5.74) is -0.0346. The Hall–Kier alpha value is -2.78. The van der Waals surface area contributed by atoms with Crippen LogP contribution in [0.25, 0.3) is 22.3 Å². The normalized spacial score (nSPS) is 16.3. The fourth-order valence-corrected chi connectivity index (χ4v) is 3.70. The highest BCUT2D eigenvalue weighted by atomic mass is 35.5. The van der Waals surface area contributed by atoms with Crippen molar-refractivity contribution < 1.29 is 23.0 Å². The fourth-order valence-electron chi connectivity index (χ4n) is 3.54. The van der Waals surface area contributed by atoms with Gasteiger partial charge in [0.15, 0.2) is 29.0 Å². The van der Waals surface area contributed by atoms with Crippen molar-refractivity contribution in [1.82, 2.24) is 15.0 Å². The highest BCUT2D eigenvalue weighted by Crippen LogP contribution is 2.38. The molecule has 0 radical (unpaired) electrons. The predicted molar refractivity (Wildman–Crippen MR) is 108 cm³/mol. The number of methoxy groups -OCH3 is 3. The van der Waals surface area contributed by atoms with Gasteiger partial charge in [0.25, 0.3) is 0 Å². The third-order valence-electron chi connectivity index (χ3n) is 5.10. The molecule has 0 bridgehead atoms. The molecule has 30 heavy (non-hydrogen) atoms. The lowest BCUT2D eigenvalue weighted by Crippen LogP contribution is -2.24. The molecule has 2 aromatic heterocycles. The van der Waals surface area contributed by atoms with E-state index in [9.17, 15) is 0 Å². The maximum atomic E-state index is 15.1. The molecule has 10 heteroatoms. The van der Waals surface area contributed by atoms with Gasteiger partial charge < -0.3 is 19.1 Å². The molecule has 1 aliphatic rings. The Morgan fingerprint density at radius 2 is 1.77 bits per heavy atom. The standard InChI is InChI=1S/C20H19ClF2N4O3/c1-28-10-4-5-27(9-10)20-11-6-15(21)24-8-12(11)25-19(26-20)16-17(22)13(29-2)7-14(30-3)18(16)23/h6-8,10H,4-5,9H2,1-3H3. The average molecular weight is 437 g/mol.